The van der Waals surface area contributed by atoms with Crippen molar-refractivity contribution in [2.45, 2.75) is 38.2 Å². The molecule has 2 aliphatic heterocycles. The summed E-state index contributed by atoms with van der Waals surface area (Å²) in [6.07, 6.45) is 1.97. The van der Waals surface area contributed by atoms with E-state index in [0.29, 0.717) is 18.8 Å². The first-order valence-corrected chi connectivity index (χ1v) is 8.13. The maximum absolute atomic E-state index is 12.9. The molecular formula is C16H20N2O6. The van der Waals surface area contributed by atoms with Crippen LogP contribution in [0.15, 0.2) is 11.3 Å². The molecule has 1 atom stereocenters. The van der Waals surface area contributed by atoms with Crippen LogP contribution in [0.2, 0.25) is 0 Å². The van der Waals surface area contributed by atoms with Crippen molar-refractivity contribution in [2.75, 3.05) is 26.7 Å². The first kappa shape index (κ1) is 16.5. The normalized spacial score (nSPS) is 27.3. The summed E-state index contributed by atoms with van der Waals surface area (Å²) in [5.41, 5.74) is -1.65. The summed E-state index contributed by atoms with van der Waals surface area (Å²) < 4.78 is 10.1. The summed E-state index contributed by atoms with van der Waals surface area (Å²) in [5.74, 6) is -2.27. The summed E-state index contributed by atoms with van der Waals surface area (Å²) >= 11 is 0. The highest BCUT2D eigenvalue weighted by Gasteiger charge is 2.64. The van der Waals surface area contributed by atoms with Gasteiger partial charge in [0.25, 0.3) is 11.5 Å². The van der Waals surface area contributed by atoms with Crippen molar-refractivity contribution in [3.8, 4) is 0 Å². The molecule has 2 amide bonds. The fourth-order valence-electron chi connectivity index (χ4n) is 3.46. The topological polar surface area (TPSA) is 93.2 Å². The Bertz CT molecular complexity index is 649. The van der Waals surface area contributed by atoms with Crippen molar-refractivity contribution < 1.29 is 28.7 Å². The number of ketones is 1. The number of imide groups is 1. The van der Waals surface area contributed by atoms with E-state index in [0.717, 1.165) is 24.2 Å². The molecule has 0 N–H and O–H groups in total. The third-order valence-corrected chi connectivity index (χ3v) is 4.70. The lowest BCUT2D eigenvalue weighted by Crippen LogP contribution is -2.45. The Hall–Kier alpha value is -2.38. The molecule has 1 aliphatic carbocycles. The van der Waals surface area contributed by atoms with Crippen LogP contribution in [0.1, 0.15) is 32.6 Å². The van der Waals surface area contributed by atoms with E-state index >= 15 is 0 Å². The first-order chi connectivity index (χ1) is 11.4. The van der Waals surface area contributed by atoms with E-state index in [9.17, 15) is 19.2 Å². The zero-order valence-corrected chi connectivity index (χ0v) is 13.8. The van der Waals surface area contributed by atoms with Gasteiger partial charge in [-0.15, -0.1) is 0 Å². The molecule has 3 rings (SSSR count). The van der Waals surface area contributed by atoms with Crippen molar-refractivity contribution >= 4 is 23.8 Å². The summed E-state index contributed by atoms with van der Waals surface area (Å²) in [4.78, 5) is 52.2. The number of piperidine rings is 1. The molecule has 8 nitrogen and oxygen atoms in total. The smallest absolute Gasteiger partial charge is 0.417 e. The highest BCUT2D eigenvalue weighted by Crippen LogP contribution is 2.42. The predicted octanol–water partition coefficient (Wildman–Crippen LogP) is 0.610. The van der Waals surface area contributed by atoms with Crippen LogP contribution in [0.3, 0.4) is 0 Å². The lowest BCUT2D eigenvalue weighted by atomic mass is 9.97. The fourth-order valence-corrected chi connectivity index (χ4v) is 3.46. The number of carbonyl (C=O) groups excluding carboxylic acids is 4. The molecule has 0 saturated carbocycles. The van der Waals surface area contributed by atoms with E-state index in [1.807, 2.05) is 4.90 Å². The van der Waals surface area contributed by atoms with E-state index < -0.39 is 29.4 Å². The van der Waals surface area contributed by atoms with Crippen molar-refractivity contribution in [3.63, 3.8) is 0 Å². The molecule has 1 spiro atoms. The molecule has 0 bridgehead atoms. The van der Waals surface area contributed by atoms with Gasteiger partial charge in [0.05, 0.1) is 6.61 Å². The highest BCUT2D eigenvalue weighted by molar-refractivity contribution is 6.32. The largest absolute Gasteiger partial charge is 0.462 e. The number of likely N-dealkylation sites (tertiary alicyclic amines) is 1. The number of rotatable bonds is 3. The molecule has 24 heavy (non-hydrogen) atoms. The van der Waals surface area contributed by atoms with Crippen LogP contribution < -0.4 is 0 Å². The Morgan fingerprint density at radius 3 is 2.42 bits per heavy atom. The minimum absolute atomic E-state index is 0.102. The van der Waals surface area contributed by atoms with Gasteiger partial charge in [-0.25, -0.2) is 14.5 Å². The lowest BCUT2D eigenvalue weighted by Gasteiger charge is -2.31. The Labute approximate surface area is 139 Å². The van der Waals surface area contributed by atoms with E-state index in [1.165, 1.54) is 7.05 Å². The monoisotopic (exact) mass is 336 g/mol. The van der Waals surface area contributed by atoms with Gasteiger partial charge in [0.2, 0.25) is 5.78 Å². The SMILES string of the molecule is CCOC(=O)C1=C(N2CCCCC2)C[C@@]2(OC(=O)N(C)C2=O)C1=O. The van der Waals surface area contributed by atoms with Gasteiger partial charge >= 0.3 is 12.1 Å². The van der Waals surface area contributed by atoms with Gasteiger partial charge in [0, 0.05) is 32.3 Å². The Kier molecular flexibility index (Phi) is 4.06. The Balaban J connectivity index is 2.01. The molecule has 2 fully saturated rings. The molecule has 2 saturated heterocycles. The molecule has 0 aromatic carbocycles. The van der Waals surface area contributed by atoms with Gasteiger partial charge in [-0.3, -0.25) is 9.59 Å². The lowest BCUT2D eigenvalue weighted by molar-refractivity contribution is -0.146. The number of carbonyl (C=O) groups is 4. The van der Waals surface area contributed by atoms with Gasteiger partial charge in [0.15, 0.2) is 0 Å². The van der Waals surface area contributed by atoms with Crippen LogP contribution in [0, 0.1) is 0 Å². The zero-order valence-electron chi connectivity index (χ0n) is 13.8. The average molecular weight is 336 g/mol. The van der Waals surface area contributed by atoms with Crippen molar-refractivity contribution in [2.24, 2.45) is 0 Å². The molecule has 0 unspecified atom stereocenters. The number of likely N-dealkylation sites (N-methyl/N-ethyl adjacent to an activating group) is 1. The van der Waals surface area contributed by atoms with Gasteiger partial charge in [0.1, 0.15) is 5.57 Å². The molecule has 0 radical (unpaired) electrons. The number of nitrogens with zero attached hydrogens (tertiary/aromatic N) is 2. The molecule has 8 heteroatoms. The molecule has 0 aromatic rings. The van der Waals surface area contributed by atoms with Crippen molar-refractivity contribution in [1.29, 1.82) is 0 Å². The van der Waals surface area contributed by atoms with Crippen molar-refractivity contribution in [1.82, 2.24) is 9.80 Å². The third-order valence-electron chi connectivity index (χ3n) is 4.70. The second-order valence-corrected chi connectivity index (χ2v) is 6.15. The van der Waals surface area contributed by atoms with E-state index in [1.54, 1.807) is 6.92 Å². The van der Waals surface area contributed by atoms with Crippen LogP contribution in [-0.2, 0) is 23.9 Å². The van der Waals surface area contributed by atoms with E-state index in [-0.39, 0.29) is 18.6 Å². The van der Waals surface area contributed by atoms with Gasteiger partial charge < -0.3 is 14.4 Å². The zero-order chi connectivity index (χ0) is 17.5. The maximum Gasteiger partial charge on any atom is 0.417 e. The fraction of sp³-hybridized carbons (Fsp3) is 0.625. The molecule has 3 aliphatic rings. The summed E-state index contributed by atoms with van der Waals surface area (Å²) in [6, 6.07) is 0. The second kappa shape index (κ2) is 5.92. The van der Waals surface area contributed by atoms with Gasteiger partial charge in [-0.2, -0.15) is 0 Å². The van der Waals surface area contributed by atoms with Crippen LogP contribution in [-0.4, -0.2) is 65.9 Å². The Morgan fingerprint density at radius 2 is 1.88 bits per heavy atom. The van der Waals surface area contributed by atoms with Crippen LogP contribution in [0.4, 0.5) is 4.79 Å². The minimum Gasteiger partial charge on any atom is -0.462 e. The number of Topliss-reactive ketones (excluding diaryl/α,β-unsaturated/α-hetero) is 1. The van der Waals surface area contributed by atoms with E-state index in [4.69, 9.17) is 9.47 Å². The standard InChI is InChI=1S/C16H20N2O6/c1-3-23-13(20)11-10(18-7-5-4-6-8-18)9-16(12(11)19)14(21)17(2)15(22)24-16/h3-9H2,1-2H3/t16-/m1/s1. The number of hydrogen-bond acceptors (Lipinski definition) is 7. The second-order valence-electron chi connectivity index (χ2n) is 6.15. The quantitative estimate of drug-likeness (QED) is 0.423. The summed E-state index contributed by atoms with van der Waals surface area (Å²) in [5, 5.41) is 0. The minimum atomic E-state index is -1.94. The molecular weight excluding hydrogens is 316 g/mol. The average Bonchev–Trinajstić information content (AvgIpc) is 2.99. The summed E-state index contributed by atoms with van der Waals surface area (Å²) in [7, 11) is 1.26. The molecule has 2 heterocycles. The molecule has 0 aromatic heterocycles. The maximum atomic E-state index is 12.9. The first-order valence-electron chi connectivity index (χ1n) is 8.13. The number of ether oxygens (including phenoxy) is 2. The van der Waals surface area contributed by atoms with Crippen molar-refractivity contribution in [3.05, 3.63) is 11.3 Å². The number of amides is 2. The highest BCUT2D eigenvalue weighted by atomic mass is 16.6. The third kappa shape index (κ3) is 2.28. The van der Waals surface area contributed by atoms with Crippen LogP contribution in [0.25, 0.3) is 0 Å². The Morgan fingerprint density at radius 1 is 1.21 bits per heavy atom. The van der Waals surface area contributed by atoms with E-state index in [2.05, 4.69) is 0 Å². The molecule has 130 valence electrons. The summed E-state index contributed by atoms with van der Waals surface area (Å²) in [6.45, 7) is 3.14. The van der Waals surface area contributed by atoms with Crippen LogP contribution in [0.5, 0.6) is 0 Å². The van der Waals surface area contributed by atoms with Crippen LogP contribution >= 0.6 is 0 Å². The van der Waals surface area contributed by atoms with Gasteiger partial charge in [-0.1, -0.05) is 0 Å². The number of esters is 1. The van der Waals surface area contributed by atoms with Gasteiger partial charge in [-0.05, 0) is 26.2 Å². The predicted molar refractivity (Wildman–Crippen MR) is 80.7 cm³/mol. The number of hydrogen-bond donors (Lipinski definition) is 0.